The van der Waals surface area contributed by atoms with Gasteiger partial charge < -0.3 is 14.7 Å². The molecule has 3 aromatic rings. The maximum atomic E-state index is 10.7. The van der Waals surface area contributed by atoms with Crippen LogP contribution in [-0.4, -0.2) is 46.8 Å². The molecular formula is C20H19Cl2N3O3S. The van der Waals surface area contributed by atoms with Gasteiger partial charge in [0.05, 0.1) is 51.6 Å². The second kappa shape index (κ2) is 8.83. The molecule has 1 fully saturated rings. The number of halogens is 2. The van der Waals surface area contributed by atoms with Crippen molar-refractivity contribution in [1.29, 1.82) is 0 Å². The summed E-state index contributed by atoms with van der Waals surface area (Å²) in [5.41, 5.74) is 3.48. The van der Waals surface area contributed by atoms with Crippen molar-refractivity contribution in [1.82, 2.24) is 9.97 Å². The number of hydrogen-bond donors (Lipinski definition) is 1. The Morgan fingerprint density at radius 3 is 3.00 bits per heavy atom. The number of aliphatic carboxylic acids is 1. The van der Waals surface area contributed by atoms with E-state index in [1.54, 1.807) is 22.9 Å². The van der Waals surface area contributed by atoms with Gasteiger partial charge in [-0.1, -0.05) is 29.3 Å². The first kappa shape index (κ1) is 20.3. The van der Waals surface area contributed by atoms with E-state index in [0.717, 1.165) is 41.0 Å². The SMILES string of the molecule is O=C(O)CCOC[C@@H]1CCCN1c1cc(-c2cncs2)c2ccc(Cl)c(Cl)c2n1. The maximum absolute atomic E-state index is 10.7. The van der Waals surface area contributed by atoms with Crippen molar-refractivity contribution < 1.29 is 14.6 Å². The number of carbonyl (C=O) groups is 1. The van der Waals surface area contributed by atoms with E-state index in [4.69, 9.17) is 38.0 Å². The first-order chi connectivity index (χ1) is 14.0. The first-order valence-corrected chi connectivity index (χ1v) is 10.9. The first-order valence-electron chi connectivity index (χ1n) is 9.28. The van der Waals surface area contributed by atoms with Crippen LogP contribution >= 0.6 is 34.5 Å². The van der Waals surface area contributed by atoms with Crippen molar-refractivity contribution in [3.05, 3.63) is 40.0 Å². The van der Waals surface area contributed by atoms with Crippen LogP contribution in [0.3, 0.4) is 0 Å². The molecule has 2 aromatic heterocycles. The molecule has 3 heterocycles. The molecule has 6 nitrogen and oxygen atoms in total. The third-order valence-corrected chi connectivity index (χ3v) is 6.60. The summed E-state index contributed by atoms with van der Waals surface area (Å²) in [6, 6.07) is 5.93. The van der Waals surface area contributed by atoms with Crippen LogP contribution in [0.25, 0.3) is 21.3 Å². The molecule has 0 amide bonds. The quantitative estimate of drug-likeness (QED) is 0.502. The van der Waals surface area contributed by atoms with Crippen molar-refractivity contribution in [2.24, 2.45) is 0 Å². The van der Waals surface area contributed by atoms with Crippen molar-refractivity contribution in [3.8, 4) is 10.4 Å². The van der Waals surface area contributed by atoms with Gasteiger partial charge in [-0.2, -0.15) is 0 Å². The summed E-state index contributed by atoms with van der Waals surface area (Å²) < 4.78 is 5.61. The molecular weight excluding hydrogens is 433 g/mol. The zero-order valence-electron chi connectivity index (χ0n) is 15.5. The summed E-state index contributed by atoms with van der Waals surface area (Å²) >= 11 is 14.3. The second-order valence-electron chi connectivity index (χ2n) is 6.86. The molecule has 9 heteroatoms. The molecule has 1 N–H and O–H groups in total. The zero-order chi connectivity index (χ0) is 20.4. The smallest absolute Gasteiger partial charge is 0.305 e. The number of benzene rings is 1. The van der Waals surface area contributed by atoms with Gasteiger partial charge in [-0.15, -0.1) is 11.3 Å². The molecule has 29 heavy (non-hydrogen) atoms. The molecule has 1 aromatic carbocycles. The summed E-state index contributed by atoms with van der Waals surface area (Å²) in [4.78, 5) is 23.0. The van der Waals surface area contributed by atoms with Gasteiger partial charge in [0.1, 0.15) is 5.82 Å². The van der Waals surface area contributed by atoms with E-state index >= 15 is 0 Å². The van der Waals surface area contributed by atoms with Gasteiger partial charge in [-0.25, -0.2) is 4.98 Å². The monoisotopic (exact) mass is 451 g/mol. The molecule has 1 aliphatic rings. The molecule has 0 spiro atoms. The fraction of sp³-hybridized carbons (Fsp3) is 0.350. The van der Waals surface area contributed by atoms with Crippen LogP contribution in [0, 0.1) is 0 Å². The Kier molecular flexibility index (Phi) is 6.20. The summed E-state index contributed by atoms with van der Waals surface area (Å²) in [5.74, 6) is -0.0420. The van der Waals surface area contributed by atoms with Crippen LogP contribution < -0.4 is 4.90 Å². The van der Waals surface area contributed by atoms with Gasteiger partial charge in [0, 0.05) is 23.7 Å². The van der Waals surface area contributed by atoms with E-state index in [9.17, 15) is 4.79 Å². The average Bonchev–Trinajstić information content (AvgIpc) is 3.39. The van der Waals surface area contributed by atoms with E-state index in [0.29, 0.717) is 22.2 Å². The lowest BCUT2D eigenvalue weighted by Crippen LogP contribution is -2.34. The third kappa shape index (κ3) is 4.33. The lowest BCUT2D eigenvalue weighted by atomic mass is 10.1. The molecule has 1 saturated heterocycles. The standard InChI is InChI=1S/C20H19Cl2N3O3S/c21-15-4-3-13-14(16-9-23-11-29-16)8-17(24-20(13)19(15)22)25-6-1-2-12(25)10-28-7-5-18(26)27/h3-4,8-9,11-12H,1-2,5-7,10H2,(H,26,27)/t12-/m0/s1. The van der Waals surface area contributed by atoms with Crippen LogP contribution in [0.5, 0.6) is 0 Å². The molecule has 0 bridgehead atoms. The topological polar surface area (TPSA) is 75.6 Å². The average molecular weight is 452 g/mol. The van der Waals surface area contributed by atoms with Gasteiger partial charge in [-0.05, 0) is 25.0 Å². The number of carboxylic acids is 1. The second-order valence-corrected chi connectivity index (χ2v) is 8.53. The number of carboxylic acid groups (broad SMARTS) is 1. The number of anilines is 1. The van der Waals surface area contributed by atoms with Crippen molar-refractivity contribution in [2.45, 2.75) is 25.3 Å². The Labute approximate surface area is 182 Å². The van der Waals surface area contributed by atoms with Crippen molar-refractivity contribution in [2.75, 3.05) is 24.7 Å². The number of hydrogen-bond acceptors (Lipinski definition) is 6. The summed E-state index contributed by atoms with van der Waals surface area (Å²) in [7, 11) is 0. The van der Waals surface area contributed by atoms with Gasteiger partial charge in [0.15, 0.2) is 0 Å². The molecule has 4 rings (SSSR count). The Bertz CT molecular complexity index is 1030. The van der Waals surface area contributed by atoms with Crippen molar-refractivity contribution in [3.63, 3.8) is 0 Å². The number of ether oxygens (including phenoxy) is 1. The summed E-state index contributed by atoms with van der Waals surface area (Å²) in [6.45, 7) is 1.52. The van der Waals surface area contributed by atoms with Gasteiger partial charge in [0.2, 0.25) is 0 Å². The molecule has 0 unspecified atom stereocenters. The molecule has 0 aliphatic carbocycles. The summed E-state index contributed by atoms with van der Waals surface area (Å²) in [6.07, 6.45) is 3.82. The minimum absolute atomic E-state index is 0.00454. The lowest BCUT2D eigenvalue weighted by Gasteiger charge is -2.26. The summed E-state index contributed by atoms with van der Waals surface area (Å²) in [5, 5.41) is 10.6. The lowest BCUT2D eigenvalue weighted by molar-refractivity contribution is -0.138. The van der Waals surface area contributed by atoms with E-state index < -0.39 is 5.97 Å². The third-order valence-electron chi connectivity index (χ3n) is 5.00. The number of nitrogens with zero attached hydrogens (tertiary/aromatic N) is 3. The fourth-order valence-corrected chi connectivity index (χ4v) is 4.62. The predicted octanol–water partition coefficient (Wildman–Crippen LogP) is 5.13. The Balaban J connectivity index is 1.69. The van der Waals surface area contributed by atoms with Crippen LogP contribution in [0.1, 0.15) is 19.3 Å². The number of aromatic nitrogens is 2. The highest BCUT2D eigenvalue weighted by Gasteiger charge is 2.27. The van der Waals surface area contributed by atoms with Crippen LogP contribution in [0.15, 0.2) is 29.9 Å². The Hall–Kier alpha value is -1.93. The van der Waals surface area contributed by atoms with Gasteiger partial charge >= 0.3 is 5.97 Å². The molecule has 152 valence electrons. The highest BCUT2D eigenvalue weighted by Crippen LogP contribution is 2.39. The zero-order valence-corrected chi connectivity index (χ0v) is 17.8. The Morgan fingerprint density at radius 1 is 1.38 bits per heavy atom. The predicted molar refractivity (Wildman–Crippen MR) is 116 cm³/mol. The molecule has 1 atom stereocenters. The van der Waals surface area contributed by atoms with Gasteiger partial charge in [-0.3, -0.25) is 9.78 Å². The fourth-order valence-electron chi connectivity index (χ4n) is 3.61. The largest absolute Gasteiger partial charge is 0.481 e. The van der Waals surface area contributed by atoms with E-state index in [1.165, 1.54) is 0 Å². The molecule has 0 radical (unpaired) electrons. The molecule has 1 aliphatic heterocycles. The van der Waals surface area contributed by atoms with Crippen molar-refractivity contribution >= 4 is 57.2 Å². The van der Waals surface area contributed by atoms with Crippen LogP contribution in [-0.2, 0) is 9.53 Å². The Morgan fingerprint density at radius 2 is 2.24 bits per heavy atom. The number of fused-ring (bicyclic) bond motifs is 1. The number of pyridine rings is 1. The highest BCUT2D eigenvalue weighted by molar-refractivity contribution is 7.13. The van der Waals surface area contributed by atoms with Gasteiger partial charge in [0.25, 0.3) is 0 Å². The highest BCUT2D eigenvalue weighted by atomic mass is 35.5. The number of rotatable bonds is 7. The van der Waals surface area contributed by atoms with E-state index in [2.05, 4.69) is 16.0 Å². The van der Waals surface area contributed by atoms with E-state index in [1.807, 2.05) is 12.3 Å². The maximum Gasteiger partial charge on any atom is 0.305 e. The number of thiazole rings is 1. The minimum atomic E-state index is -0.856. The van der Waals surface area contributed by atoms with Crippen LogP contribution in [0.4, 0.5) is 5.82 Å². The normalized spacial score (nSPS) is 16.6. The molecule has 0 saturated carbocycles. The van der Waals surface area contributed by atoms with Crippen LogP contribution in [0.2, 0.25) is 10.0 Å². The van der Waals surface area contributed by atoms with E-state index in [-0.39, 0.29) is 19.1 Å². The minimum Gasteiger partial charge on any atom is -0.481 e.